The summed E-state index contributed by atoms with van der Waals surface area (Å²) in [6.45, 7) is 4.48. The number of amides is 1. The van der Waals surface area contributed by atoms with Crippen molar-refractivity contribution in [3.8, 4) is 6.07 Å². The second kappa shape index (κ2) is 10.1. The molecular formula is C22H25N3O2. The molecule has 0 radical (unpaired) electrons. The lowest BCUT2D eigenvalue weighted by Crippen LogP contribution is -2.28. The largest absolute Gasteiger partial charge is 0.392 e. The van der Waals surface area contributed by atoms with Crippen LogP contribution in [-0.4, -0.2) is 11.0 Å². The first kappa shape index (κ1) is 20.2. The maximum absolute atomic E-state index is 12.3. The number of aryl methyl sites for hydroxylation is 1. The number of nitriles is 1. The Bertz CT molecular complexity index is 818. The molecule has 27 heavy (non-hydrogen) atoms. The molecule has 0 aliphatic heterocycles. The smallest absolute Gasteiger partial charge is 0.263 e. The van der Waals surface area contributed by atoms with Crippen molar-refractivity contribution in [2.75, 3.05) is 0 Å². The quantitative estimate of drug-likeness (QED) is 0.497. The predicted molar refractivity (Wildman–Crippen MR) is 105 cm³/mol. The molecule has 0 aliphatic carbocycles. The Hall–Kier alpha value is -3.10. The van der Waals surface area contributed by atoms with Crippen LogP contribution in [-0.2, 0) is 24.4 Å². The van der Waals surface area contributed by atoms with Crippen LogP contribution >= 0.6 is 0 Å². The molecule has 0 saturated heterocycles. The van der Waals surface area contributed by atoms with Crippen LogP contribution < -0.4 is 10.6 Å². The van der Waals surface area contributed by atoms with Crippen molar-refractivity contribution >= 4 is 5.91 Å². The van der Waals surface area contributed by atoms with Crippen molar-refractivity contribution in [1.82, 2.24) is 10.6 Å². The molecule has 0 spiro atoms. The normalized spacial score (nSPS) is 12.1. The van der Waals surface area contributed by atoms with E-state index in [2.05, 4.69) is 17.6 Å². The number of rotatable bonds is 8. The van der Waals surface area contributed by atoms with Gasteiger partial charge in [-0.3, -0.25) is 4.79 Å². The molecule has 5 nitrogen and oxygen atoms in total. The highest BCUT2D eigenvalue weighted by Crippen LogP contribution is 2.14. The van der Waals surface area contributed by atoms with Crippen molar-refractivity contribution in [3.63, 3.8) is 0 Å². The molecule has 1 unspecified atom stereocenters. The van der Waals surface area contributed by atoms with Crippen LogP contribution in [0, 0.1) is 11.3 Å². The van der Waals surface area contributed by atoms with Gasteiger partial charge in [-0.2, -0.15) is 5.26 Å². The van der Waals surface area contributed by atoms with Gasteiger partial charge in [0.2, 0.25) is 0 Å². The second-order valence-electron chi connectivity index (χ2n) is 6.32. The first-order chi connectivity index (χ1) is 13.1. The minimum Gasteiger partial charge on any atom is -0.392 e. The Morgan fingerprint density at radius 1 is 1.11 bits per heavy atom. The van der Waals surface area contributed by atoms with Gasteiger partial charge >= 0.3 is 0 Å². The van der Waals surface area contributed by atoms with Crippen molar-refractivity contribution in [2.24, 2.45) is 0 Å². The number of benzene rings is 2. The molecule has 0 bridgehead atoms. The van der Waals surface area contributed by atoms with E-state index in [0.29, 0.717) is 6.54 Å². The first-order valence-corrected chi connectivity index (χ1v) is 8.99. The fourth-order valence-corrected chi connectivity index (χ4v) is 2.58. The van der Waals surface area contributed by atoms with Crippen molar-refractivity contribution in [3.05, 3.63) is 82.6 Å². The molecule has 5 heteroatoms. The van der Waals surface area contributed by atoms with Crippen LogP contribution in [0.3, 0.4) is 0 Å². The van der Waals surface area contributed by atoms with Crippen molar-refractivity contribution < 1.29 is 9.90 Å². The lowest BCUT2D eigenvalue weighted by atomic mass is 10.0. The summed E-state index contributed by atoms with van der Waals surface area (Å²) in [7, 11) is 0. The van der Waals surface area contributed by atoms with E-state index in [1.54, 1.807) is 0 Å². The second-order valence-corrected chi connectivity index (χ2v) is 6.32. The van der Waals surface area contributed by atoms with Gasteiger partial charge in [-0.15, -0.1) is 0 Å². The summed E-state index contributed by atoms with van der Waals surface area (Å²) in [6, 6.07) is 17.3. The summed E-state index contributed by atoms with van der Waals surface area (Å²) in [5.41, 5.74) is 4.10. The molecule has 0 aliphatic rings. The molecule has 0 fully saturated rings. The van der Waals surface area contributed by atoms with E-state index in [1.807, 2.05) is 61.5 Å². The summed E-state index contributed by atoms with van der Waals surface area (Å²) in [5.74, 6) is -0.410. The van der Waals surface area contributed by atoms with Gasteiger partial charge in [-0.1, -0.05) is 55.5 Å². The zero-order valence-corrected chi connectivity index (χ0v) is 15.7. The Morgan fingerprint density at radius 3 is 2.26 bits per heavy atom. The Kier molecular flexibility index (Phi) is 7.60. The van der Waals surface area contributed by atoms with Crippen LogP contribution in [0.25, 0.3) is 0 Å². The van der Waals surface area contributed by atoms with Gasteiger partial charge < -0.3 is 15.7 Å². The SMILES string of the molecule is CCc1ccc(C(C)NC(=O)/C(C#N)=C\NCc2ccc(CO)cc2)cc1. The molecule has 0 heterocycles. The maximum Gasteiger partial charge on any atom is 0.263 e. The maximum atomic E-state index is 12.3. The zero-order chi connectivity index (χ0) is 19.6. The minimum atomic E-state index is -0.410. The highest BCUT2D eigenvalue weighted by molar-refractivity contribution is 5.97. The number of carbonyl (C=O) groups excluding carboxylic acids is 1. The number of aliphatic hydroxyl groups excluding tert-OH is 1. The van der Waals surface area contributed by atoms with Gasteiger partial charge in [0, 0.05) is 12.7 Å². The molecular weight excluding hydrogens is 338 g/mol. The molecule has 2 rings (SSSR count). The Morgan fingerprint density at radius 2 is 1.70 bits per heavy atom. The Labute approximate surface area is 160 Å². The van der Waals surface area contributed by atoms with Crippen molar-refractivity contribution in [1.29, 1.82) is 5.26 Å². The molecule has 1 atom stereocenters. The van der Waals surface area contributed by atoms with Crippen molar-refractivity contribution in [2.45, 2.75) is 39.5 Å². The number of hydrogen-bond donors (Lipinski definition) is 3. The van der Waals surface area contributed by atoms with Gasteiger partial charge in [0.15, 0.2) is 0 Å². The van der Waals surface area contributed by atoms with Gasteiger partial charge in [-0.25, -0.2) is 0 Å². The van der Waals surface area contributed by atoms with Gasteiger partial charge in [0.05, 0.1) is 12.6 Å². The Balaban J connectivity index is 1.93. The van der Waals surface area contributed by atoms with Gasteiger partial charge in [0.1, 0.15) is 11.6 Å². The zero-order valence-electron chi connectivity index (χ0n) is 15.7. The van der Waals surface area contributed by atoms with Crippen LogP contribution in [0.1, 0.15) is 42.1 Å². The van der Waals surface area contributed by atoms with Crippen LogP contribution in [0.2, 0.25) is 0 Å². The van der Waals surface area contributed by atoms with E-state index in [4.69, 9.17) is 5.11 Å². The van der Waals surface area contributed by atoms with E-state index >= 15 is 0 Å². The highest BCUT2D eigenvalue weighted by Gasteiger charge is 2.13. The molecule has 2 aromatic carbocycles. The molecule has 3 N–H and O–H groups in total. The number of carbonyl (C=O) groups is 1. The van der Waals surface area contributed by atoms with Crippen LogP contribution in [0.5, 0.6) is 0 Å². The topological polar surface area (TPSA) is 85.2 Å². The van der Waals surface area contributed by atoms with E-state index in [-0.39, 0.29) is 18.2 Å². The molecule has 0 saturated carbocycles. The summed E-state index contributed by atoms with van der Waals surface area (Å²) < 4.78 is 0. The van der Waals surface area contributed by atoms with Gasteiger partial charge in [-0.05, 0) is 35.6 Å². The fraction of sp³-hybridized carbons (Fsp3) is 0.273. The number of nitrogens with one attached hydrogen (secondary N) is 2. The van der Waals surface area contributed by atoms with E-state index in [1.165, 1.54) is 11.8 Å². The standard InChI is InChI=1S/C22H25N3O2/c1-3-17-8-10-20(11-9-17)16(2)25-22(27)21(12-23)14-24-13-18-4-6-19(15-26)7-5-18/h4-11,14,16,24,26H,3,13,15H2,1-2H3,(H,25,27)/b21-14-. The summed E-state index contributed by atoms with van der Waals surface area (Å²) in [5, 5.41) is 24.2. The first-order valence-electron chi connectivity index (χ1n) is 8.99. The van der Waals surface area contributed by atoms with Crippen LogP contribution in [0.15, 0.2) is 60.3 Å². The average molecular weight is 363 g/mol. The third kappa shape index (κ3) is 5.98. The van der Waals surface area contributed by atoms with E-state index in [9.17, 15) is 10.1 Å². The third-order valence-electron chi connectivity index (χ3n) is 4.36. The highest BCUT2D eigenvalue weighted by atomic mass is 16.3. The molecule has 1 amide bonds. The minimum absolute atomic E-state index is 0.00567. The monoisotopic (exact) mass is 363 g/mol. The third-order valence-corrected chi connectivity index (χ3v) is 4.36. The lowest BCUT2D eigenvalue weighted by Gasteiger charge is -2.14. The lowest BCUT2D eigenvalue weighted by molar-refractivity contribution is -0.117. The number of aliphatic hydroxyl groups is 1. The number of nitrogens with zero attached hydrogens (tertiary/aromatic N) is 1. The molecule has 140 valence electrons. The molecule has 0 aromatic heterocycles. The van der Waals surface area contributed by atoms with E-state index < -0.39 is 5.91 Å². The fourth-order valence-electron chi connectivity index (χ4n) is 2.58. The van der Waals surface area contributed by atoms with E-state index in [0.717, 1.165) is 23.1 Å². The summed E-state index contributed by atoms with van der Waals surface area (Å²) in [4.78, 5) is 12.3. The predicted octanol–water partition coefficient (Wildman–Crippen LogP) is 3.12. The summed E-state index contributed by atoms with van der Waals surface area (Å²) in [6.07, 6.45) is 2.40. The molecule has 2 aromatic rings. The summed E-state index contributed by atoms with van der Waals surface area (Å²) >= 11 is 0. The van der Waals surface area contributed by atoms with Crippen LogP contribution in [0.4, 0.5) is 0 Å². The number of hydrogen-bond acceptors (Lipinski definition) is 4. The average Bonchev–Trinajstić information content (AvgIpc) is 2.71. The van der Waals surface area contributed by atoms with Gasteiger partial charge in [0.25, 0.3) is 5.91 Å².